The van der Waals surface area contributed by atoms with E-state index in [-0.39, 0.29) is 6.73 Å². The van der Waals surface area contributed by atoms with Gasteiger partial charge in [-0.25, -0.2) is 0 Å². The summed E-state index contributed by atoms with van der Waals surface area (Å²) in [7, 11) is 1.85. The molecule has 0 spiro atoms. The zero-order chi connectivity index (χ0) is 10.1. The molecule has 0 fully saturated rings. The maximum atomic E-state index is 11.4. The number of fused-ring (bicyclic) bond motifs is 1. The summed E-state index contributed by atoms with van der Waals surface area (Å²) in [6.07, 6.45) is 1.87. The lowest BCUT2D eigenvalue weighted by molar-refractivity contribution is -0.0150. The van der Waals surface area contributed by atoms with Gasteiger partial charge in [0.05, 0.1) is 5.22 Å². The highest BCUT2D eigenvalue weighted by Gasteiger charge is 2.06. The molecule has 0 amide bonds. The lowest BCUT2D eigenvalue weighted by Gasteiger charge is -2.12. The molecular weight excluding hydrogens is 248 g/mol. The van der Waals surface area contributed by atoms with E-state index in [9.17, 15) is 5.21 Å². The number of nitrogens with zero attached hydrogens (tertiary/aromatic N) is 2. The molecule has 14 heavy (non-hydrogen) atoms. The minimum Gasteiger partial charge on any atom is -0.382 e. The molecule has 0 N–H and O–H groups in total. The van der Waals surface area contributed by atoms with Crippen molar-refractivity contribution >= 4 is 22.1 Å². The van der Waals surface area contributed by atoms with Crippen LogP contribution in [0.25, 0.3) is 6.20 Å². The maximum absolute atomic E-state index is 11.4. The van der Waals surface area contributed by atoms with Gasteiger partial charge in [0, 0.05) is 28.7 Å². The molecule has 0 aliphatic carbocycles. The van der Waals surface area contributed by atoms with Crippen LogP contribution >= 0.6 is 15.9 Å². The van der Waals surface area contributed by atoms with Gasteiger partial charge >= 0.3 is 0 Å². The number of hydrogen-bond acceptors (Lipinski definition) is 3. The van der Waals surface area contributed by atoms with E-state index in [2.05, 4.69) is 15.9 Å². The molecule has 74 valence electrons. The van der Waals surface area contributed by atoms with Crippen LogP contribution in [0.5, 0.6) is 0 Å². The summed E-state index contributed by atoms with van der Waals surface area (Å²) in [6.45, 7) is 0.260. The molecule has 5 heteroatoms. The van der Waals surface area contributed by atoms with Crippen molar-refractivity contribution in [2.75, 3.05) is 13.8 Å². The molecule has 1 heterocycles. The third kappa shape index (κ3) is 1.68. The second-order valence-electron chi connectivity index (χ2n) is 3.10. The summed E-state index contributed by atoms with van der Waals surface area (Å²) in [4.78, 5) is 7.29. The van der Waals surface area contributed by atoms with Crippen LogP contribution in [0.4, 0.5) is 0 Å². The van der Waals surface area contributed by atoms with E-state index < -0.39 is 0 Å². The second-order valence-corrected chi connectivity index (χ2v) is 4.02. The van der Waals surface area contributed by atoms with Gasteiger partial charge in [0.25, 0.3) is 5.36 Å². The molecule has 0 atom stereocenters. The Bertz CT molecular complexity index is 472. The number of hydrogen-bond donors (Lipinski definition) is 0. The van der Waals surface area contributed by atoms with Crippen LogP contribution in [0.15, 0.2) is 22.7 Å². The van der Waals surface area contributed by atoms with Gasteiger partial charge in [-0.05, 0) is 12.1 Å². The SMILES string of the molecule is CN1C=c2cc(Br)ccc2=[N+]([O-])OC1. The summed E-state index contributed by atoms with van der Waals surface area (Å²) in [5.74, 6) is 0. The number of rotatable bonds is 0. The molecule has 1 aliphatic heterocycles. The first-order chi connectivity index (χ1) is 6.66. The average Bonchev–Trinajstić information content (AvgIpc) is 2.26. The van der Waals surface area contributed by atoms with Crippen molar-refractivity contribution in [3.8, 4) is 0 Å². The molecular formula is C9H9BrN2O2. The normalized spacial score (nSPS) is 15.3. The first kappa shape index (κ1) is 9.33. The molecule has 0 unspecified atom stereocenters. The molecule has 0 saturated carbocycles. The monoisotopic (exact) mass is 256 g/mol. The zero-order valence-electron chi connectivity index (χ0n) is 7.61. The molecule has 1 aromatic rings. The number of halogens is 1. The molecule has 2 rings (SSSR count). The fourth-order valence-electron chi connectivity index (χ4n) is 1.28. The predicted octanol–water partition coefficient (Wildman–Crippen LogP) is 0.0105. The van der Waals surface area contributed by atoms with Gasteiger partial charge in [-0.3, -0.25) is 5.21 Å². The quantitative estimate of drug-likeness (QED) is 0.614. The van der Waals surface area contributed by atoms with Crippen LogP contribution in [0.2, 0.25) is 0 Å². The summed E-state index contributed by atoms with van der Waals surface area (Å²) in [6, 6.07) is 5.42. The Balaban J connectivity index is 2.78. The van der Waals surface area contributed by atoms with Gasteiger partial charge < -0.3 is 9.74 Å². The Morgan fingerprint density at radius 1 is 1.57 bits per heavy atom. The highest BCUT2D eigenvalue weighted by molar-refractivity contribution is 9.10. The molecule has 0 bridgehead atoms. The van der Waals surface area contributed by atoms with Gasteiger partial charge in [0.15, 0.2) is 0 Å². The lowest BCUT2D eigenvalue weighted by Crippen LogP contribution is -2.35. The zero-order valence-corrected chi connectivity index (χ0v) is 9.19. The maximum Gasteiger partial charge on any atom is 0.276 e. The first-order valence-electron chi connectivity index (χ1n) is 4.11. The Labute approximate surface area is 89.4 Å². The van der Waals surface area contributed by atoms with Crippen molar-refractivity contribution in [3.05, 3.63) is 38.5 Å². The lowest BCUT2D eigenvalue weighted by atomic mass is 10.3. The van der Waals surface area contributed by atoms with Crippen molar-refractivity contribution in [1.29, 1.82) is 0 Å². The molecule has 1 aliphatic rings. The first-order valence-corrected chi connectivity index (χ1v) is 4.91. The van der Waals surface area contributed by atoms with Gasteiger partial charge in [0.2, 0.25) is 0 Å². The third-order valence-corrected chi connectivity index (χ3v) is 2.42. The average molecular weight is 257 g/mol. The van der Waals surface area contributed by atoms with E-state index in [0.29, 0.717) is 10.3 Å². The van der Waals surface area contributed by atoms with E-state index in [1.54, 1.807) is 6.07 Å². The van der Waals surface area contributed by atoms with E-state index in [1.165, 1.54) is 0 Å². The minimum absolute atomic E-state index is 0.260. The van der Waals surface area contributed by atoms with E-state index in [0.717, 1.165) is 9.69 Å². The van der Waals surface area contributed by atoms with Crippen molar-refractivity contribution in [3.63, 3.8) is 0 Å². The molecule has 0 aromatic heterocycles. The predicted molar refractivity (Wildman–Crippen MR) is 56.2 cm³/mol. The van der Waals surface area contributed by atoms with Crippen molar-refractivity contribution in [1.82, 2.24) is 9.80 Å². The summed E-state index contributed by atoms with van der Waals surface area (Å²) in [5, 5.41) is 12.8. The topological polar surface area (TPSA) is 38.5 Å². The van der Waals surface area contributed by atoms with Crippen molar-refractivity contribution < 1.29 is 4.84 Å². The van der Waals surface area contributed by atoms with Crippen LogP contribution in [-0.4, -0.2) is 18.7 Å². The van der Waals surface area contributed by atoms with Crippen molar-refractivity contribution in [2.24, 2.45) is 0 Å². The summed E-state index contributed by atoms with van der Waals surface area (Å²) < 4.78 is 0.941. The minimum atomic E-state index is 0.260. The smallest absolute Gasteiger partial charge is 0.276 e. The second kappa shape index (κ2) is 3.49. The Morgan fingerprint density at radius 3 is 3.14 bits per heavy atom. The summed E-state index contributed by atoms with van der Waals surface area (Å²) in [5.41, 5.74) is 0. The standard InChI is InChI=1S/C9H9BrN2O2/c1-11-5-7-4-8(10)2-3-9(7)12(13)14-6-11/h2-5H,6H2,1H3. The van der Waals surface area contributed by atoms with E-state index in [1.807, 2.05) is 30.3 Å². The number of benzene rings is 1. The Morgan fingerprint density at radius 2 is 2.36 bits per heavy atom. The van der Waals surface area contributed by atoms with Crippen LogP contribution in [0.3, 0.4) is 0 Å². The molecule has 1 aromatic carbocycles. The van der Waals surface area contributed by atoms with Gasteiger partial charge in [-0.15, -0.1) is 0 Å². The summed E-state index contributed by atoms with van der Waals surface area (Å²) >= 11 is 3.36. The fraction of sp³-hybridized carbons (Fsp3) is 0.222. The molecule has 4 nitrogen and oxygen atoms in total. The van der Waals surface area contributed by atoms with Crippen LogP contribution in [0.1, 0.15) is 0 Å². The van der Waals surface area contributed by atoms with Crippen molar-refractivity contribution in [2.45, 2.75) is 0 Å². The third-order valence-electron chi connectivity index (χ3n) is 1.92. The highest BCUT2D eigenvalue weighted by atomic mass is 79.9. The molecule has 0 saturated heterocycles. The fourth-order valence-corrected chi connectivity index (χ4v) is 1.66. The largest absolute Gasteiger partial charge is 0.382 e. The van der Waals surface area contributed by atoms with Crippen LogP contribution in [-0.2, 0) is 4.84 Å². The highest BCUT2D eigenvalue weighted by Crippen LogP contribution is 2.02. The molecule has 0 radical (unpaired) electrons. The van der Waals surface area contributed by atoms with Crippen LogP contribution in [0, 0.1) is 5.21 Å². The van der Waals surface area contributed by atoms with Gasteiger partial charge in [-0.1, -0.05) is 15.9 Å². The van der Waals surface area contributed by atoms with Gasteiger partial charge in [-0.2, -0.15) is 0 Å². The van der Waals surface area contributed by atoms with Gasteiger partial charge in [0.1, 0.15) is 6.73 Å². The Hall–Kier alpha value is -1.23. The van der Waals surface area contributed by atoms with Crippen LogP contribution < -0.4 is 15.5 Å². The van der Waals surface area contributed by atoms with E-state index >= 15 is 0 Å². The Kier molecular flexibility index (Phi) is 2.33. The van der Waals surface area contributed by atoms with E-state index in [4.69, 9.17) is 4.84 Å².